The molecule has 8 heteroatoms. The van der Waals surface area contributed by atoms with E-state index in [0.29, 0.717) is 17.1 Å². The quantitative estimate of drug-likeness (QED) is 0.447. The number of nitro benzene ring substituents is 1. The van der Waals surface area contributed by atoms with E-state index < -0.39 is 11.0 Å². The maximum absolute atomic E-state index is 12.4. The Morgan fingerprint density at radius 2 is 1.90 bits per heavy atom. The molecule has 2 aromatic carbocycles. The number of benzene rings is 2. The Balaban J connectivity index is 1.57. The summed E-state index contributed by atoms with van der Waals surface area (Å²) in [6, 6.07) is 15.1. The largest absolute Gasteiger partial charge is 0.458 e. The van der Waals surface area contributed by atoms with Gasteiger partial charge in [-0.3, -0.25) is 10.1 Å². The van der Waals surface area contributed by atoms with E-state index in [0.717, 1.165) is 29.7 Å². The minimum Gasteiger partial charge on any atom is -0.458 e. The zero-order valence-electron chi connectivity index (χ0n) is 15.6. The lowest BCUT2D eigenvalue weighted by Gasteiger charge is -2.33. The number of urea groups is 1. The van der Waals surface area contributed by atoms with Crippen LogP contribution in [-0.4, -0.2) is 11.0 Å². The van der Waals surface area contributed by atoms with Crippen molar-refractivity contribution in [1.29, 1.82) is 0 Å². The van der Waals surface area contributed by atoms with Crippen molar-refractivity contribution < 1.29 is 14.1 Å². The zero-order valence-corrected chi connectivity index (χ0v) is 16.4. The van der Waals surface area contributed by atoms with Crippen LogP contribution in [0.3, 0.4) is 0 Å². The number of carbonyl (C=O) groups is 1. The normalized spacial score (nSPS) is 17.6. The summed E-state index contributed by atoms with van der Waals surface area (Å²) in [6.45, 7) is 0. The molecule has 1 aliphatic heterocycles. The molecule has 0 saturated heterocycles. The Hall–Kier alpha value is -3.58. The average Bonchev–Trinajstić information content (AvgIpc) is 3.23. The predicted molar refractivity (Wildman–Crippen MR) is 112 cm³/mol. The first kappa shape index (κ1) is 18.4. The van der Waals surface area contributed by atoms with Crippen LogP contribution in [0.4, 0.5) is 10.5 Å². The van der Waals surface area contributed by atoms with Crippen molar-refractivity contribution in [3.63, 3.8) is 0 Å². The minimum atomic E-state index is -0.492. The van der Waals surface area contributed by atoms with Crippen molar-refractivity contribution >= 4 is 29.0 Å². The first-order valence-corrected chi connectivity index (χ1v) is 9.82. The van der Waals surface area contributed by atoms with Gasteiger partial charge in [-0.25, -0.2) is 4.79 Å². The first-order valence-electron chi connectivity index (χ1n) is 9.44. The Kier molecular flexibility index (Phi) is 4.33. The maximum Gasteiger partial charge on any atom is 0.320 e. The zero-order chi connectivity index (χ0) is 20.8. The molecular weight excluding hydrogens is 406 g/mol. The Morgan fingerprint density at radius 3 is 2.73 bits per heavy atom. The van der Waals surface area contributed by atoms with Crippen LogP contribution in [0, 0.1) is 10.1 Å². The fraction of sp³-hybridized carbons (Fsp3) is 0.136. The lowest BCUT2D eigenvalue weighted by atomic mass is 9.84. The number of nitrogens with zero attached hydrogens (tertiary/aromatic N) is 1. The summed E-state index contributed by atoms with van der Waals surface area (Å²) in [7, 11) is 0. The molecule has 0 radical (unpaired) electrons. The molecule has 2 aliphatic rings. The van der Waals surface area contributed by atoms with Gasteiger partial charge < -0.3 is 15.1 Å². The third-order valence-corrected chi connectivity index (χ3v) is 5.70. The molecule has 1 aliphatic carbocycles. The fourth-order valence-corrected chi connectivity index (χ4v) is 4.28. The van der Waals surface area contributed by atoms with Crippen LogP contribution in [0.5, 0.6) is 0 Å². The van der Waals surface area contributed by atoms with E-state index in [1.165, 1.54) is 11.6 Å². The topological polar surface area (TPSA) is 97.4 Å². The van der Waals surface area contributed by atoms with Gasteiger partial charge in [0.15, 0.2) is 0 Å². The van der Waals surface area contributed by atoms with E-state index in [1.807, 2.05) is 18.2 Å². The molecule has 7 nitrogen and oxygen atoms in total. The van der Waals surface area contributed by atoms with Gasteiger partial charge in [-0.05, 0) is 48.2 Å². The molecule has 0 spiro atoms. The number of furan rings is 1. The van der Waals surface area contributed by atoms with Crippen molar-refractivity contribution in [2.45, 2.75) is 18.9 Å². The highest BCUT2D eigenvalue weighted by Gasteiger charge is 2.34. The number of halogens is 1. The van der Waals surface area contributed by atoms with Gasteiger partial charge in [0.25, 0.3) is 5.69 Å². The summed E-state index contributed by atoms with van der Waals surface area (Å²) in [5, 5.41) is 17.6. The van der Waals surface area contributed by atoms with Crippen LogP contribution in [0.2, 0.25) is 5.02 Å². The highest BCUT2D eigenvalue weighted by molar-refractivity contribution is 6.30. The number of hydrogen-bond acceptors (Lipinski definition) is 4. The molecule has 2 heterocycles. The number of hydrogen-bond donors (Lipinski definition) is 2. The van der Waals surface area contributed by atoms with Gasteiger partial charge in [0.05, 0.1) is 16.2 Å². The van der Waals surface area contributed by atoms with Crippen molar-refractivity contribution in [3.05, 3.63) is 92.2 Å². The SMILES string of the molecule is O=C1NC2=C(CCc3ccccc32)C(c2ccc(-c3ccc(Cl)cc3[N+](=O)[O-])o2)N1. The van der Waals surface area contributed by atoms with Crippen molar-refractivity contribution in [2.24, 2.45) is 0 Å². The van der Waals surface area contributed by atoms with E-state index in [1.54, 1.807) is 24.3 Å². The smallest absolute Gasteiger partial charge is 0.320 e. The number of rotatable bonds is 3. The summed E-state index contributed by atoms with van der Waals surface area (Å²) in [4.78, 5) is 23.3. The fourth-order valence-electron chi connectivity index (χ4n) is 4.11. The number of aryl methyl sites for hydroxylation is 1. The summed E-state index contributed by atoms with van der Waals surface area (Å²) in [5.74, 6) is 0.871. The molecule has 30 heavy (non-hydrogen) atoms. The molecule has 1 atom stereocenters. The molecule has 1 aromatic heterocycles. The molecule has 0 bridgehead atoms. The molecule has 150 valence electrons. The third kappa shape index (κ3) is 3.04. The lowest BCUT2D eigenvalue weighted by Crippen LogP contribution is -2.44. The number of nitro groups is 1. The van der Waals surface area contributed by atoms with E-state index in [4.69, 9.17) is 16.0 Å². The number of fused-ring (bicyclic) bond motifs is 2. The molecule has 3 aromatic rings. The first-order chi connectivity index (χ1) is 14.5. The summed E-state index contributed by atoms with van der Waals surface area (Å²) in [5.41, 5.74) is 4.23. The van der Waals surface area contributed by atoms with Gasteiger partial charge >= 0.3 is 6.03 Å². The summed E-state index contributed by atoms with van der Waals surface area (Å²) < 4.78 is 6.00. The molecular formula is C22H16ClN3O4. The summed E-state index contributed by atoms with van der Waals surface area (Å²) >= 11 is 5.91. The monoisotopic (exact) mass is 421 g/mol. The van der Waals surface area contributed by atoms with Gasteiger partial charge in [0.2, 0.25) is 0 Å². The van der Waals surface area contributed by atoms with Crippen LogP contribution >= 0.6 is 11.6 Å². The van der Waals surface area contributed by atoms with Crippen LogP contribution in [0.25, 0.3) is 17.0 Å². The predicted octanol–water partition coefficient (Wildman–Crippen LogP) is 5.22. The minimum absolute atomic E-state index is 0.135. The van der Waals surface area contributed by atoms with Gasteiger partial charge in [0.1, 0.15) is 17.6 Å². The van der Waals surface area contributed by atoms with Gasteiger partial charge in [0, 0.05) is 16.7 Å². The number of carbonyl (C=O) groups excluding carboxylic acids is 1. The van der Waals surface area contributed by atoms with Crippen molar-refractivity contribution in [1.82, 2.24) is 10.6 Å². The van der Waals surface area contributed by atoms with Gasteiger partial charge in [-0.15, -0.1) is 0 Å². The number of amides is 2. The van der Waals surface area contributed by atoms with Gasteiger partial charge in [-0.1, -0.05) is 35.9 Å². The van der Waals surface area contributed by atoms with E-state index in [-0.39, 0.29) is 16.7 Å². The molecule has 0 fully saturated rings. The second kappa shape index (κ2) is 7.03. The molecule has 1 unspecified atom stereocenters. The standard InChI is InChI=1S/C22H16ClN3O4/c23-13-6-8-15(17(11-13)26(28)29)18-9-10-19(30-18)21-16-7-5-12-3-1-2-4-14(12)20(16)24-22(27)25-21/h1-4,6,8-11,21H,5,7H2,(H2,24,25,27). The van der Waals surface area contributed by atoms with E-state index in [9.17, 15) is 14.9 Å². The van der Waals surface area contributed by atoms with Crippen LogP contribution < -0.4 is 10.6 Å². The molecule has 2 N–H and O–H groups in total. The second-order valence-corrected chi connectivity index (χ2v) is 7.65. The lowest BCUT2D eigenvalue weighted by molar-refractivity contribution is -0.384. The summed E-state index contributed by atoms with van der Waals surface area (Å²) in [6.07, 6.45) is 1.63. The van der Waals surface area contributed by atoms with Crippen LogP contribution in [-0.2, 0) is 6.42 Å². The molecule has 0 saturated carbocycles. The van der Waals surface area contributed by atoms with Gasteiger partial charge in [-0.2, -0.15) is 0 Å². The van der Waals surface area contributed by atoms with Crippen LogP contribution in [0.1, 0.15) is 29.3 Å². The van der Waals surface area contributed by atoms with Crippen molar-refractivity contribution in [3.8, 4) is 11.3 Å². The van der Waals surface area contributed by atoms with Crippen molar-refractivity contribution in [2.75, 3.05) is 0 Å². The van der Waals surface area contributed by atoms with E-state index in [2.05, 4.69) is 16.7 Å². The third-order valence-electron chi connectivity index (χ3n) is 5.47. The highest BCUT2D eigenvalue weighted by atomic mass is 35.5. The number of nitrogens with one attached hydrogen (secondary N) is 2. The molecule has 5 rings (SSSR count). The van der Waals surface area contributed by atoms with Crippen LogP contribution in [0.15, 0.2) is 64.6 Å². The average molecular weight is 422 g/mol. The van der Waals surface area contributed by atoms with E-state index >= 15 is 0 Å². The second-order valence-electron chi connectivity index (χ2n) is 7.21. The Labute approximate surface area is 176 Å². The Morgan fingerprint density at radius 1 is 1.07 bits per heavy atom. The Bertz CT molecular complexity index is 1230. The maximum atomic E-state index is 12.4. The highest BCUT2D eigenvalue weighted by Crippen LogP contribution is 2.41. The molecule has 2 amide bonds.